The van der Waals surface area contributed by atoms with E-state index >= 15 is 0 Å². The van der Waals surface area contributed by atoms with Gasteiger partial charge in [-0.2, -0.15) is 0 Å². The van der Waals surface area contributed by atoms with Crippen LogP contribution in [0.15, 0.2) is 0 Å². The lowest BCUT2D eigenvalue weighted by Crippen LogP contribution is -2.48. The summed E-state index contributed by atoms with van der Waals surface area (Å²) in [7, 11) is 0. The van der Waals surface area contributed by atoms with Gasteiger partial charge in [0.05, 0.1) is 18.3 Å². The number of fused-ring (bicyclic) bond motifs is 1. The molecule has 1 saturated heterocycles. The number of hydrogen-bond acceptors (Lipinski definition) is 6. The van der Waals surface area contributed by atoms with Crippen LogP contribution in [0.1, 0.15) is 58.3 Å². The van der Waals surface area contributed by atoms with Crippen molar-refractivity contribution in [1.29, 1.82) is 0 Å². The quantitative estimate of drug-likeness (QED) is 0.338. The second-order valence-corrected chi connectivity index (χ2v) is 9.47. The zero-order valence-corrected chi connectivity index (χ0v) is 17.5. The van der Waals surface area contributed by atoms with Crippen LogP contribution in [0.2, 0.25) is 0 Å². The van der Waals surface area contributed by atoms with Crippen molar-refractivity contribution in [2.45, 2.75) is 93.8 Å². The van der Waals surface area contributed by atoms with Gasteiger partial charge in [-0.25, -0.2) is 9.59 Å². The fourth-order valence-corrected chi connectivity index (χ4v) is 5.37. The van der Waals surface area contributed by atoms with E-state index < -0.39 is 36.0 Å². The SMILES string of the molecule is CC(CC1CCC2OC(C(=O)O)(C(=O)O)OC2C1)NCC(O)C1CCCC(Cl)C1. The molecule has 1 aliphatic heterocycles. The summed E-state index contributed by atoms with van der Waals surface area (Å²) in [4.78, 5) is 22.8. The monoisotopic (exact) mass is 433 g/mol. The largest absolute Gasteiger partial charge is 0.477 e. The Kier molecular flexibility index (Phi) is 7.43. The number of rotatable bonds is 8. The number of ether oxygens (including phenoxy) is 2. The molecular weight excluding hydrogens is 402 g/mol. The minimum atomic E-state index is -2.58. The van der Waals surface area contributed by atoms with Crippen LogP contribution in [-0.4, -0.2) is 69.3 Å². The van der Waals surface area contributed by atoms with Crippen molar-refractivity contribution in [2.75, 3.05) is 6.54 Å². The highest BCUT2D eigenvalue weighted by Crippen LogP contribution is 2.41. The third-order valence-corrected chi connectivity index (χ3v) is 6.99. The Balaban J connectivity index is 1.45. The molecule has 3 aliphatic rings. The second-order valence-electron chi connectivity index (χ2n) is 8.85. The van der Waals surface area contributed by atoms with Crippen molar-refractivity contribution in [1.82, 2.24) is 5.32 Å². The first-order valence-electron chi connectivity index (χ1n) is 10.6. The van der Waals surface area contributed by atoms with Crippen molar-refractivity contribution in [3.63, 3.8) is 0 Å². The molecule has 1 heterocycles. The lowest BCUT2D eigenvalue weighted by atomic mass is 9.82. The van der Waals surface area contributed by atoms with E-state index in [1.165, 1.54) is 0 Å². The van der Waals surface area contributed by atoms with Gasteiger partial charge in [0.25, 0.3) is 0 Å². The number of alkyl halides is 1. The molecule has 3 fully saturated rings. The number of aliphatic hydroxyl groups is 1. The molecule has 0 aromatic rings. The molecule has 3 rings (SSSR count). The Morgan fingerprint density at radius 3 is 2.45 bits per heavy atom. The van der Waals surface area contributed by atoms with Crippen molar-refractivity contribution < 1.29 is 34.4 Å². The maximum Gasteiger partial charge on any atom is 0.377 e. The first-order chi connectivity index (χ1) is 13.7. The molecular formula is C20H32ClNO7. The Labute approximate surface area is 175 Å². The number of hydrogen-bond donors (Lipinski definition) is 4. The van der Waals surface area contributed by atoms with Crippen LogP contribution in [0.3, 0.4) is 0 Å². The average molecular weight is 434 g/mol. The van der Waals surface area contributed by atoms with Gasteiger partial charge < -0.3 is 30.1 Å². The predicted molar refractivity (Wildman–Crippen MR) is 105 cm³/mol. The summed E-state index contributed by atoms with van der Waals surface area (Å²) in [6.45, 7) is 2.59. The van der Waals surface area contributed by atoms with Gasteiger partial charge in [0, 0.05) is 18.0 Å². The van der Waals surface area contributed by atoms with E-state index in [-0.39, 0.29) is 23.3 Å². The maximum atomic E-state index is 11.4. The van der Waals surface area contributed by atoms with Gasteiger partial charge in [-0.05, 0) is 63.7 Å². The first kappa shape index (κ1) is 22.7. The average Bonchev–Trinajstić information content (AvgIpc) is 3.06. The number of carboxylic acid groups (broad SMARTS) is 2. The van der Waals surface area contributed by atoms with Gasteiger partial charge in [-0.3, -0.25) is 0 Å². The van der Waals surface area contributed by atoms with E-state index in [9.17, 15) is 24.9 Å². The Bertz CT molecular complexity index is 589. The summed E-state index contributed by atoms with van der Waals surface area (Å²) in [6.07, 6.45) is 5.33. The molecule has 2 aliphatic carbocycles. The van der Waals surface area contributed by atoms with Gasteiger partial charge in [-0.1, -0.05) is 6.42 Å². The predicted octanol–water partition coefficient (Wildman–Crippen LogP) is 1.96. The number of nitrogens with one attached hydrogen (secondary N) is 1. The van der Waals surface area contributed by atoms with E-state index in [0.717, 1.165) is 38.5 Å². The highest BCUT2D eigenvalue weighted by atomic mass is 35.5. The van der Waals surface area contributed by atoms with Gasteiger partial charge >= 0.3 is 17.7 Å². The second kappa shape index (κ2) is 9.47. The molecule has 2 saturated carbocycles. The van der Waals surface area contributed by atoms with E-state index in [4.69, 9.17) is 21.1 Å². The normalized spacial score (nSPS) is 36.2. The minimum Gasteiger partial charge on any atom is -0.477 e. The smallest absolute Gasteiger partial charge is 0.377 e. The fourth-order valence-electron chi connectivity index (χ4n) is 4.99. The van der Waals surface area contributed by atoms with E-state index in [1.54, 1.807) is 0 Å². The van der Waals surface area contributed by atoms with E-state index in [0.29, 0.717) is 19.4 Å². The van der Waals surface area contributed by atoms with Crippen LogP contribution in [-0.2, 0) is 19.1 Å². The zero-order chi connectivity index (χ0) is 21.2. The van der Waals surface area contributed by atoms with Gasteiger partial charge in [0.2, 0.25) is 0 Å². The standard InChI is InChI=1S/C20H32ClNO7/c1-11(22-10-15(23)13-3-2-4-14(21)9-13)7-12-5-6-16-17(8-12)29-20(28-16,18(24)25)19(26)27/h11-17,22-23H,2-10H2,1H3,(H,24,25)(H,26,27). The van der Waals surface area contributed by atoms with Crippen molar-refractivity contribution in [3.8, 4) is 0 Å². The number of aliphatic carboxylic acids is 2. The van der Waals surface area contributed by atoms with Crippen LogP contribution >= 0.6 is 11.6 Å². The Morgan fingerprint density at radius 2 is 1.79 bits per heavy atom. The molecule has 29 heavy (non-hydrogen) atoms. The summed E-state index contributed by atoms with van der Waals surface area (Å²) < 4.78 is 10.7. The maximum absolute atomic E-state index is 11.4. The summed E-state index contributed by atoms with van der Waals surface area (Å²) in [5.74, 6) is -5.31. The molecule has 8 nitrogen and oxygen atoms in total. The van der Waals surface area contributed by atoms with Gasteiger partial charge in [-0.15, -0.1) is 11.6 Å². The summed E-state index contributed by atoms with van der Waals surface area (Å²) in [5.41, 5.74) is 0. The molecule has 0 aromatic heterocycles. The number of carboxylic acids is 2. The fraction of sp³-hybridized carbons (Fsp3) is 0.900. The topological polar surface area (TPSA) is 125 Å². The summed E-state index contributed by atoms with van der Waals surface area (Å²) in [5, 5.41) is 32.6. The van der Waals surface area contributed by atoms with Crippen LogP contribution < -0.4 is 5.32 Å². The number of aliphatic hydroxyl groups excluding tert-OH is 1. The van der Waals surface area contributed by atoms with Crippen LogP contribution in [0.5, 0.6) is 0 Å². The minimum absolute atomic E-state index is 0.161. The van der Waals surface area contributed by atoms with Crippen molar-refractivity contribution >= 4 is 23.5 Å². The molecule has 0 radical (unpaired) electrons. The Morgan fingerprint density at radius 1 is 1.10 bits per heavy atom. The third-order valence-electron chi connectivity index (χ3n) is 6.59. The molecule has 0 amide bonds. The third kappa shape index (κ3) is 5.22. The Hall–Kier alpha value is -0.930. The number of halogens is 1. The molecule has 0 aromatic carbocycles. The van der Waals surface area contributed by atoms with E-state index in [2.05, 4.69) is 12.2 Å². The van der Waals surface area contributed by atoms with Crippen molar-refractivity contribution in [2.24, 2.45) is 11.8 Å². The first-order valence-corrected chi connectivity index (χ1v) is 11.0. The van der Waals surface area contributed by atoms with Crippen LogP contribution in [0.4, 0.5) is 0 Å². The summed E-state index contributed by atoms with van der Waals surface area (Å²) in [6, 6.07) is 0.174. The van der Waals surface area contributed by atoms with E-state index in [1.807, 2.05) is 0 Å². The highest BCUT2D eigenvalue weighted by molar-refractivity contribution is 6.20. The lowest BCUT2D eigenvalue weighted by Gasteiger charge is -2.32. The number of carbonyl (C=O) groups is 2. The molecule has 7 unspecified atom stereocenters. The molecule has 9 heteroatoms. The molecule has 0 bridgehead atoms. The molecule has 7 atom stereocenters. The van der Waals surface area contributed by atoms with Gasteiger partial charge in [0.15, 0.2) is 0 Å². The lowest BCUT2D eigenvalue weighted by molar-refractivity contribution is -0.220. The summed E-state index contributed by atoms with van der Waals surface area (Å²) >= 11 is 6.22. The zero-order valence-electron chi connectivity index (χ0n) is 16.8. The molecule has 166 valence electrons. The highest BCUT2D eigenvalue weighted by Gasteiger charge is 2.60. The molecule has 0 spiro atoms. The molecule has 4 N–H and O–H groups in total. The van der Waals surface area contributed by atoms with Crippen LogP contribution in [0, 0.1) is 11.8 Å². The van der Waals surface area contributed by atoms with Gasteiger partial charge in [0.1, 0.15) is 0 Å². The van der Waals surface area contributed by atoms with Crippen molar-refractivity contribution in [3.05, 3.63) is 0 Å². The van der Waals surface area contributed by atoms with Crippen LogP contribution in [0.25, 0.3) is 0 Å².